The van der Waals surface area contributed by atoms with Crippen LogP contribution in [-0.2, 0) is 4.79 Å². The van der Waals surface area contributed by atoms with Crippen molar-refractivity contribution >= 4 is 5.91 Å². The fraction of sp³-hybridized carbons (Fsp3) is 0.857. The summed E-state index contributed by atoms with van der Waals surface area (Å²) in [5.41, 5.74) is 0. The van der Waals surface area contributed by atoms with E-state index in [0.717, 1.165) is 0 Å². The number of carbonyl (C=O) groups excluding carboxylic acids is 1. The highest BCUT2D eigenvalue weighted by Crippen LogP contribution is 1.82. The van der Waals surface area contributed by atoms with Gasteiger partial charge in [-0.15, -0.1) is 0 Å². The van der Waals surface area contributed by atoms with Crippen molar-refractivity contribution in [2.75, 3.05) is 7.05 Å². The lowest BCUT2D eigenvalue weighted by Crippen LogP contribution is -2.43. The van der Waals surface area contributed by atoms with Crippen LogP contribution in [0.5, 0.6) is 0 Å². The van der Waals surface area contributed by atoms with Gasteiger partial charge in [0, 0.05) is 6.04 Å². The molecule has 0 heterocycles. The van der Waals surface area contributed by atoms with Gasteiger partial charge in [0.05, 0.1) is 6.04 Å². The lowest BCUT2D eigenvalue weighted by molar-refractivity contribution is -0.123. The number of hydrogen-bond acceptors (Lipinski definition) is 2. The minimum Gasteiger partial charge on any atom is -0.353 e. The summed E-state index contributed by atoms with van der Waals surface area (Å²) >= 11 is 0. The molecule has 0 aliphatic carbocycles. The Morgan fingerprint density at radius 1 is 1.30 bits per heavy atom. The maximum atomic E-state index is 11.0. The van der Waals surface area contributed by atoms with Crippen molar-refractivity contribution < 1.29 is 4.79 Å². The van der Waals surface area contributed by atoms with Crippen molar-refractivity contribution in [2.24, 2.45) is 0 Å². The van der Waals surface area contributed by atoms with Crippen LogP contribution in [0.2, 0.25) is 0 Å². The Kier molecular flexibility index (Phi) is 4.03. The number of hydrogen-bond donors (Lipinski definition) is 2. The third-order valence-corrected chi connectivity index (χ3v) is 1.26. The summed E-state index contributed by atoms with van der Waals surface area (Å²) in [5, 5.41) is 5.65. The third-order valence-electron chi connectivity index (χ3n) is 1.26. The normalized spacial score (nSPS) is 13.3. The molecular weight excluding hydrogens is 128 g/mol. The van der Waals surface area contributed by atoms with E-state index < -0.39 is 0 Å². The average Bonchev–Trinajstić information content (AvgIpc) is 1.85. The molecule has 0 unspecified atom stereocenters. The smallest absolute Gasteiger partial charge is 0.237 e. The van der Waals surface area contributed by atoms with Crippen molar-refractivity contribution in [3.05, 3.63) is 0 Å². The van der Waals surface area contributed by atoms with Gasteiger partial charge >= 0.3 is 0 Å². The van der Waals surface area contributed by atoms with Gasteiger partial charge in [0.15, 0.2) is 0 Å². The Balaban J connectivity index is 3.62. The van der Waals surface area contributed by atoms with Crippen LogP contribution >= 0.6 is 0 Å². The Bertz CT molecular complexity index is 112. The van der Waals surface area contributed by atoms with E-state index in [1.807, 2.05) is 20.8 Å². The molecule has 0 saturated heterocycles. The van der Waals surface area contributed by atoms with Gasteiger partial charge in [0.2, 0.25) is 5.91 Å². The van der Waals surface area contributed by atoms with Crippen molar-refractivity contribution in [3.8, 4) is 0 Å². The summed E-state index contributed by atoms with van der Waals surface area (Å²) in [5.74, 6) is 0.0532. The van der Waals surface area contributed by atoms with Gasteiger partial charge in [-0.25, -0.2) is 0 Å². The molecule has 0 fully saturated rings. The van der Waals surface area contributed by atoms with Crippen molar-refractivity contribution in [1.29, 1.82) is 0 Å². The summed E-state index contributed by atoms with van der Waals surface area (Å²) in [7, 11) is 1.77. The van der Waals surface area contributed by atoms with E-state index in [0.29, 0.717) is 0 Å². The van der Waals surface area contributed by atoms with Crippen LogP contribution in [0.3, 0.4) is 0 Å². The fourth-order valence-corrected chi connectivity index (χ4v) is 0.541. The van der Waals surface area contributed by atoms with Crippen LogP contribution in [0, 0.1) is 0 Å². The topological polar surface area (TPSA) is 41.1 Å². The lowest BCUT2D eigenvalue weighted by atomic mass is 10.3. The average molecular weight is 144 g/mol. The Morgan fingerprint density at radius 2 is 1.80 bits per heavy atom. The molecule has 0 aliphatic rings. The maximum Gasteiger partial charge on any atom is 0.237 e. The van der Waals surface area contributed by atoms with Crippen molar-refractivity contribution in [1.82, 2.24) is 10.6 Å². The highest BCUT2D eigenvalue weighted by Gasteiger charge is 2.09. The minimum absolute atomic E-state index is 0.0532. The molecule has 2 N–H and O–H groups in total. The van der Waals surface area contributed by atoms with Crippen LogP contribution in [-0.4, -0.2) is 25.0 Å². The second-order valence-electron chi connectivity index (χ2n) is 2.67. The number of rotatable bonds is 3. The zero-order valence-corrected chi connectivity index (χ0v) is 7.06. The molecule has 60 valence electrons. The van der Waals surface area contributed by atoms with Gasteiger partial charge < -0.3 is 10.6 Å². The Labute approximate surface area is 62.2 Å². The predicted octanol–water partition coefficient (Wildman–Crippen LogP) is 0.119. The molecule has 3 nitrogen and oxygen atoms in total. The van der Waals surface area contributed by atoms with Crippen LogP contribution in [0.4, 0.5) is 0 Å². The zero-order chi connectivity index (χ0) is 8.15. The summed E-state index contributed by atoms with van der Waals surface area (Å²) in [4.78, 5) is 11.0. The molecule has 0 rings (SSSR count). The van der Waals surface area contributed by atoms with Crippen LogP contribution in [0.15, 0.2) is 0 Å². The zero-order valence-electron chi connectivity index (χ0n) is 7.06. The van der Waals surface area contributed by atoms with Gasteiger partial charge in [0.1, 0.15) is 0 Å². The Hall–Kier alpha value is -0.570. The lowest BCUT2D eigenvalue weighted by Gasteiger charge is -2.12. The molecule has 0 bridgehead atoms. The van der Waals surface area contributed by atoms with Gasteiger partial charge in [-0.1, -0.05) is 0 Å². The molecule has 3 heteroatoms. The molecular formula is C7H16N2O. The first kappa shape index (κ1) is 9.43. The highest BCUT2D eigenvalue weighted by molar-refractivity contribution is 5.81. The molecule has 0 aromatic rings. The van der Waals surface area contributed by atoms with E-state index in [-0.39, 0.29) is 18.0 Å². The standard InChI is InChI=1S/C7H16N2O/c1-5(2)9-7(10)6(3)8-4/h5-6,8H,1-4H3,(H,9,10)/t6-/m1/s1. The van der Waals surface area contributed by atoms with Gasteiger partial charge in [-0.05, 0) is 27.8 Å². The van der Waals surface area contributed by atoms with Crippen molar-refractivity contribution in [2.45, 2.75) is 32.9 Å². The molecule has 0 radical (unpaired) electrons. The van der Waals surface area contributed by atoms with Crippen molar-refractivity contribution in [3.63, 3.8) is 0 Å². The van der Waals surface area contributed by atoms with E-state index in [1.54, 1.807) is 7.05 Å². The molecule has 0 spiro atoms. The quantitative estimate of drug-likeness (QED) is 0.590. The van der Waals surface area contributed by atoms with Crippen LogP contribution in [0.1, 0.15) is 20.8 Å². The van der Waals surface area contributed by atoms with Gasteiger partial charge in [0.25, 0.3) is 0 Å². The summed E-state index contributed by atoms with van der Waals surface area (Å²) in [6, 6.07) is 0.130. The first-order chi connectivity index (χ1) is 4.57. The van der Waals surface area contributed by atoms with Gasteiger partial charge in [-0.3, -0.25) is 4.79 Å². The SMILES string of the molecule is CN[C@H](C)C(=O)NC(C)C. The highest BCUT2D eigenvalue weighted by atomic mass is 16.2. The first-order valence-electron chi connectivity index (χ1n) is 3.55. The predicted molar refractivity (Wildman–Crippen MR) is 41.8 cm³/mol. The van der Waals surface area contributed by atoms with Gasteiger partial charge in [-0.2, -0.15) is 0 Å². The van der Waals surface area contributed by atoms with E-state index in [9.17, 15) is 4.79 Å². The van der Waals surface area contributed by atoms with E-state index >= 15 is 0 Å². The number of nitrogens with one attached hydrogen (secondary N) is 2. The largest absolute Gasteiger partial charge is 0.353 e. The summed E-state index contributed by atoms with van der Waals surface area (Å²) < 4.78 is 0. The molecule has 10 heavy (non-hydrogen) atoms. The molecule has 1 atom stereocenters. The summed E-state index contributed by atoms with van der Waals surface area (Å²) in [6.07, 6.45) is 0. The maximum absolute atomic E-state index is 11.0. The number of likely N-dealkylation sites (N-methyl/N-ethyl adjacent to an activating group) is 1. The van der Waals surface area contributed by atoms with E-state index in [1.165, 1.54) is 0 Å². The molecule has 1 amide bonds. The number of amides is 1. The molecule has 0 saturated carbocycles. The first-order valence-corrected chi connectivity index (χ1v) is 3.55. The summed E-state index contributed by atoms with van der Waals surface area (Å²) in [6.45, 7) is 5.72. The van der Waals surface area contributed by atoms with Crippen LogP contribution in [0.25, 0.3) is 0 Å². The fourth-order valence-electron chi connectivity index (χ4n) is 0.541. The third kappa shape index (κ3) is 3.45. The second kappa shape index (κ2) is 4.28. The Morgan fingerprint density at radius 3 is 2.10 bits per heavy atom. The van der Waals surface area contributed by atoms with E-state index in [2.05, 4.69) is 10.6 Å². The number of carbonyl (C=O) groups is 1. The minimum atomic E-state index is -0.0950. The molecule has 0 aliphatic heterocycles. The second-order valence-corrected chi connectivity index (χ2v) is 2.67. The van der Waals surface area contributed by atoms with Crippen LogP contribution < -0.4 is 10.6 Å². The monoisotopic (exact) mass is 144 g/mol. The van der Waals surface area contributed by atoms with E-state index in [4.69, 9.17) is 0 Å². The molecule has 0 aromatic heterocycles. The molecule has 0 aromatic carbocycles.